The summed E-state index contributed by atoms with van der Waals surface area (Å²) in [6.07, 6.45) is 1.56. The Kier molecular flexibility index (Phi) is 5.46. The third kappa shape index (κ3) is 4.17. The molecule has 2 heterocycles. The quantitative estimate of drug-likeness (QED) is 0.912. The molecule has 0 aliphatic carbocycles. The highest BCUT2D eigenvalue weighted by Gasteiger charge is 2.23. The van der Waals surface area contributed by atoms with Gasteiger partial charge in [-0.1, -0.05) is 18.2 Å². The average Bonchev–Trinajstić information content (AvgIpc) is 2.67. The molecule has 0 atom stereocenters. The molecular formula is C19H21FN4O2. The van der Waals surface area contributed by atoms with Crippen LogP contribution in [0.15, 0.2) is 42.6 Å². The van der Waals surface area contributed by atoms with Gasteiger partial charge in [-0.25, -0.2) is 9.37 Å². The van der Waals surface area contributed by atoms with Crippen molar-refractivity contribution < 1.29 is 14.0 Å². The molecule has 1 fully saturated rings. The molecule has 1 aliphatic heterocycles. The second-order valence-electron chi connectivity index (χ2n) is 6.17. The van der Waals surface area contributed by atoms with Crippen LogP contribution in [0.4, 0.5) is 10.2 Å². The van der Waals surface area contributed by atoms with Crippen molar-refractivity contribution in [3.8, 4) is 0 Å². The predicted molar refractivity (Wildman–Crippen MR) is 96.1 cm³/mol. The number of carbonyl (C=O) groups excluding carboxylic acids is 2. The van der Waals surface area contributed by atoms with Crippen LogP contribution in [0.25, 0.3) is 0 Å². The fraction of sp³-hybridized carbons (Fsp3) is 0.316. The average molecular weight is 356 g/mol. The zero-order valence-corrected chi connectivity index (χ0v) is 14.6. The molecule has 3 rings (SSSR count). The van der Waals surface area contributed by atoms with Gasteiger partial charge in [0.05, 0.1) is 0 Å². The number of carbonyl (C=O) groups is 2. The van der Waals surface area contributed by atoms with Crippen LogP contribution in [0.1, 0.15) is 22.8 Å². The molecule has 2 aromatic rings. The lowest BCUT2D eigenvalue weighted by Crippen LogP contribution is -2.50. The van der Waals surface area contributed by atoms with E-state index in [-0.39, 0.29) is 24.2 Å². The number of anilines is 1. The number of amides is 2. The van der Waals surface area contributed by atoms with E-state index >= 15 is 0 Å². The molecule has 26 heavy (non-hydrogen) atoms. The van der Waals surface area contributed by atoms with Gasteiger partial charge in [0.25, 0.3) is 5.91 Å². The van der Waals surface area contributed by atoms with Crippen molar-refractivity contribution >= 4 is 17.6 Å². The van der Waals surface area contributed by atoms with E-state index in [0.717, 1.165) is 0 Å². The molecule has 7 heteroatoms. The van der Waals surface area contributed by atoms with E-state index in [1.165, 1.54) is 13.0 Å². The van der Waals surface area contributed by atoms with Gasteiger partial charge in [-0.2, -0.15) is 0 Å². The lowest BCUT2D eigenvalue weighted by atomic mass is 10.2. The second-order valence-corrected chi connectivity index (χ2v) is 6.17. The molecule has 1 aliphatic rings. The topological polar surface area (TPSA) is 65.5 Å². The molecule has 0 spiro atoms. The number of aromatic nitrogens is 1. The summed E-state index contributed by atoms with van der Waals surface area (Å²) in [4.78, 5) is 31.7. The maximum Gasteiger partial charge on any atom is 0.254 e. The highest BCUT2D eigenvalue weighted by Crippen LogP contribution is 2.14. The number of hydrogen-bond acceptors (Lipinski definition) is 4. The van der Waals surface area contributed by atoms with Crippen molar-refractivity contribution in [1.82, 2.24) is 14.8 Å². The van der Waals surface area contributed by atoms with E-state index in [4.69, 9.17) is 0 Å². The molecule has 6 nitrogen and oxygen atoms in total. The minimum atomic E-state index is -0.282. The van der Waals surface area contributed by atoms with Crippen LogP contribution in [0, 0.1) is 5.82 Å². The van der Waals surface area contributed by atoms with Crippen molar-refractivity contribution in [2.24, 2.45) is 0 Å². The smallest absolute Gasteiger partial charge is 0.254 e. The molecule has 0 radical (unpaired) electrons. The number of benzene rings is 1. The van der Waals surface area contributed by atoms with Gasteiger partial charge in [-0.3, -0.25) is 9.59 Å². The first-order valence-electron chi connectivity index (χ1n) is 8.52. The van der Waals surface area contributed by atoms with Gasteiger partial charge in [-0.15, -0.1) is 0 Å². The van der Waals surface area contributed by atoms with Crippen LogP contribution in [-0.4, -0.2) is 52.8 Å². The second kappa shape index (κ2) is 7.95. The van der Waals surface area contributed by atoms with Gasteiger partial charge in [-0.05, 0) is 18.2 Å². The van der Waals surface area contributed by atoms with E-state index < -0.39 is 0 Å². The summed E-state index contributed by atoms with van der Waals surface area (Å²) in [6.45, 7) is 3.94. The molecule has 136 valence electrons. The van der Waals surface area contributed by atoms with Gasteiger partial charge in [0.15, 0.2) is 0 Å². The Hall–Kier alpha value is -2.96. The predicted octanol–water partition coefficient (Wildman–Crippen LogP) is 2.14. The van der Waals surface area contributed by atoms with E-state index in [0.29, 0.717) is 43.1 Å². The van der Waals surface area contributed by atoms with Crippen LogP contribution in [0.3, 0.4) is 0 Å². The van der Waals surface area contributed by atoms with Crippen LogP contribution in [0.2, 0.25) is 0 Å². The minimum absolute atomic E-state index is 0.0284. The summed E-state index contributed by atoms with van der Waals surface area (Å²) >= 11 is 0. The van der Waals surface area contributed by atoms with Gasteiger partial charge < -0.3 is 15.1 Å². The van der Waals surface area contributed by atoms with E-state index in [2.05, 4.69) is 10.3 Å². The number of rotatable bonds is 4. The lowest BCUT2D eigenvalue weighted by Gasteiger charge is -2.34. The zero-order valence-electron chi connectivity index (χ0n) is 14.6. The third-order valence-electron chi connectivity index (χ3n) is 4.44. The molecule has 0 unspecified atom stereocenters. The van der Waals surface area contributed by atoms with Crippen molar-refractivity contribution in [2.75, 3.05) is 31.5 Å². The molecule has 1 aromatic heterocycles. The van der Waals surface area contributed by atoms with Gasteiger partial charge in [0, 0.05) is 57.0 Å². The molecule has 0 bridgehead atoms. The van der Waals surface area contributed by atoms with Gasteiger partial charge in [0.1, 0.15) is 11.6 Å². The number of halogens is 1. The number of nitrogens with zero attached hydrogens (tertiary/aromatic N) is 3. The Bertz CT molecular complexity index is 804. The summed E-state index contributed by atoms with van der Waals surface area (Å²) in [5.41, 5.74) is 1.05. The summed E-state index contributed by atoms with van der Waals surface area (Å²) in [5, 5.41) is 3.05. The summed E-state index contributed by atoms with van der Waals surface area (Å²) < 4.78 is 13.7. The summed E-state index contributed by atoms with van der Waals surface area (Å²) in [6, 6.07) is 9.85. The molecule has 1 saturated heterocycles. The van der Waals surface area contributed by atoms with Crippen molar-refractivity contribution in [2.45, 2.75) is 13.5 Å². The molecule has 1 aromatic carbocycles. The Morgan fingerprint density at radius 3 is 2.50 bits per heavy atom. The Morgan fingerprint density at radius 1 is 1.12 bits per heavy atom. The minimum Gasteiger partial charge on any atom is -0.366 e. The Morgan fingerprint density at radius 2 is 1.81 bits per heavy atom. The summed E-state index contributed by atoms with van der Waals surface area (Å²) in [7, 11) is 0. The first-order valence-corrected chi connectivity index (χ1v) is 8.52. The maximum atomic E-state index is 13.7. The first kappa shape index (κ1) is 17.8. The van der Waals surface area contributed by atoms with Crippen molar-refractivity contribution in [3.63, 3.8) is 0 Å². The van der Waals surface area contributed by atoms with Crippen LogP contribution in [-0.2, 0) is 11.3 Å². The third-order valence-corrected chi connectivity index (χ3v) is 4.44. The highest BCUT2D eigenvalue weighted by atomic mass is 19.1. The molecule has 1 N–H and O–H groups in total. The Labute approximate surface area is 151 Å². The fourth-order valence-electron chi connectivity index (χ4n) is 2.89. The van der Waals surface area contributed by atoms with Crippen molar-refractivity contribution in [1.29, 1.82) is 0 Å². The maximum absolute atomic E-state index is 13.7. The number of hydrogen-bond donors (Lipinski definition) is 1. The monoisotopic (exact) mass is 356 g/mol. The number of nitrogens with one attached hydrogen (secondary N) is 1. The molecular weight excluding hydrogens is 335 g/mol. The van der Waals surface area contributed by atoms with Gasteiger partial charge >= 0.3 is 0 Å². The van der Waals surface area contributed by atoms with Crippen LogP contribution >= 0.6 is 0 Å². The molecule has 0 saturated carbocycles. The number of piperazine rings is 1. The highest BCUT2D eigenvalue weighted by molar-refractivity contribution is 5.95. The SMILES string of the molecule is CC(=O)N1CCN(C(=O)c2ccnc(NCc3ccccc3F)c2)CC1. The van der Waals surface area contributed by atoms with Crippen LogP contribution < -0.4 is 5.32 Å². The Balaban J connectivity index is 1.63. The largest absolute Gasteiger partial charge is 0.366 e. The standard InChI is InChI=1S/C19H21FN4O2/c1-14(25)23-8-10-24(11-9-23)19(26)15-6-7-21-18(12-15)22-13-16-4-2-3-5-17(16)20/h2-7,12H,8-11,13H2,1H3,(H,21,22). The van der Waals surface area contributed by atoms with E-state index in [1.54, 1.807) is 46.3 Å². The van der Waals surface area contributed by atoms with E-state index in [9.17, 15) is 14.0 Å². The van der Waals surface area contributed by atoms with Gasteiger partial charge in [0.2, 0.25) is 5.91 Å². The molecule has 2 amide bonds. The number of pyridine rings is 1. The van der Waals surface area contributed by atoms with Crippen molar-refractivity contribution in [3.05, 3.63) is 59.5 Å². The first-order chi connectivity index (χ1) is 12.5. The fourth-order valence-corrected chi connectivity index (χ4v) is 2.89. The van der Waals surface area contributed by atoms with E-state index in [1.807, 2.05) is 0 Å². The lowest BCUT2D eigenvalue weighted by molar-refractivity contribution is -0.130. The zero-order chi connectivity index (χ0) is 18.5. The van der Waals surface area contributed by atoms with Crippen LogP contribution in [0.5, 0.6) is 0 Å². The normalized spacial score (nSPS) is 14.2. The summed E-state index contributed by atoms with van der Waals surface area (Å²) in [5.74, 6) is 0.169.